The zero-order valence-electron chi connectivity index (χ0n) is 22.7. The van der Waals surface area contributed by atoms with E-state index >= 15 is 0 Å². The molecule has 2 N–H and O–H groups in total. The molecule has 0 saturated carbocycles. The SMILES string of the molecule is COc1ccc(Nc2nc(N=NCc3cn(Cc4ccc(Cl)cc4)c4ccccc34)nc(NCc3ccco3)n2)cc1. The second-order valence-corrected chi connectivity index (χ2v) is 9.83. The van der Waals surface area contributed by atoms with Crippen molar-refractivity contribution in [3.05, 3.63) is 119 Å². The molecule has 6 rings (SSSR count). The van der Waals surface area contributed by atoms with E-state index in [1.165, 1.54) is 0 Å². The van der Waals surface area contributed by atoms with Crippen molar-refractivity contribution in [2.75, 3.05) is 17.7 Å². The molecule has 0 atom stereocenters. The van der Waals surface area contributed by atoms with Crippen LogP contribution in [-0.2, 0) is 19.6 Å². The Morgan fingerprint density at radius 1 is 0.905 bits per heavy atom. The quantitative estimate of drug-likeness (QED) is 0.151. The number of ether oxygens (including phenoxy) is 1. The van der Waals surface area contributed by atoms with E-state index < -0.39 is 0 Å². The predicted molar refractivity (Wildman–Crippen MR) is 163 cm³/mol. The van der Waals surface area contributed by atoms with Crippen molar-refractivity contribution >= 4 is 46.0 Å². The van der Waals surface area contributed by atoms with Crippen molar-refractivity contribution in [2.45, 2.75) is 19.6 Å². The van der Waals surface area contributed by atoms with E-state index in [1.807, 2.05) is 72.8 Å². The highest BCUT2D eigenvalue weighted by atomic mass is 35.5. The van der Waals surface area contributed by atoms with Gasteiger partial charge in [0, 0.05) is 39.9 Å². The standard InChI is InChI=1S/C31H27ClN8O2/c1-41-25-14-12-24(13-15-25)35-30-36-29(33-18-26-5-4-16-42-26)37-31(38-30)39-34-17-22-20-40(28-7-3-2-6-27(22)28)19-21-8-10-23(32)11-9-21/h2-16,20H,17-19H2,1H3,(H2,33,35,36,37,38). The molecule has 0 aliphatic heterocycles. The Labute approximate surface area is 247 Å². The third kappa shape index (κ3) is 6.56. The van der Waals surface area contributed by atoms with Crippen molar-refractivity contribution in [3.63, 3.8) is 0 Å². The van der Waals surface area contributed by atoms with Gasteiger partial charge in [-0.1, -0.05) is 41.9 Å². The summed E-state index contributed by atoms with van der Waals surface area (Å²) in [7, 11) is 1.63. The molecule has 42 heavy (non-hydrogen) atoms. The van der Waals surface area contributed by atoms with Crippen LogP contribution in [-0.4, -0.2) is 26.6 Å². The van der Waals surface area contributed by atoms with Crippen molar-refractivity contribution in [1.29, 1.82) is 0 Å². The first-order chi connectivity index (χ1) is 20.6. The zero-order valence-corrected chi connectivity index (χ0v) is 23.5. The summed E-state index contributed by atoms with van der Waals surface area (Å²) in [5.41, 5.74) is 4.11. The maximum Gasteiger partial charge on any atom is 0.275 e. The Bertz CT molecular complexity index is 1800. The number of benzene rings is 3. The molecular weight excluding hydrogens is 552 g/mol. The number of hydrogen-bond acceptors (Lipinski definition) is 9. The molecule has 11 heteroatoms. The molecule has 0 saturated heterocycles. The third-order valence-corrected chi connectivity index (χ3v) is 6.76. The van der Waals surface area contributed by atoms with Crippen LogP contribution in [0, 0.1) is 0 Å². The minimum absolute atomic E-state index is 0.174. The number of fused-ring (bicyclic) bond motifs is 1. The number of nitrogens with one attached hydrogen (secondary N) is 2. The largest absolute Gasteiger partial charge is 0.497 e. The van der Waals surface area contributed by atoms with Crippen LogP contribution in [0.2, 0.25) is 5.02 Å². The van der Waals surface area contributed by atoms with Gasteiger partial charge in [0.05, 0.1) is 26.5 Å². The molecule has 0 amide bonds. The summed E-state index contributed by atoms with van der Waals surface area (Å²) in [5.74, 6) is 2.34. The molecule has 3 aromatic heterocycles. The van der Waals surface area contributed by atoms with Gasteiger partial charge in [-0.25, -0.2) is 0 Å². The molecule has 0 radical (unpaired) electrons. The average Bonchev–Trinajstić information content (AvgIpc) is 3.66. The van der Waals surface area contributed by atoms with E-state index in [9.17, 15) is 0 Å². The first kappa shape index (κ1) is 27.0. The van der Waals surface area contributed by atoms with E-state index in [4.69, 9.17) is 20.8 Å². The molecule has 0 unspecified atom stereocenters. The fourth-order valence-corrected chi connectivity index (χ4v) is 4.59. The topological polar surface area (TPSA) is 115 Å². The van der Waals surface area contributed by atoms with Crippen molar-refractivity contribution < 1.29 is 9.15 Å². The van der Waals surface area contributed by atoms with Crippen LogP contribution >= 0.6 is 11.6 Å². The summed E-state index contributed by atoms with van der Waals surface area (Å²) in [4.78, 5) is 13.4. The van der Waals surface area contributed by atoms with Gasteiger partial charge >= 0.3 is 0 Å². The maximum absolute atomic E-state index is 6.07. The normalized spacial score (nSPS) is 11.3. The van der Waals surface area contributed by atoms with E-state index in [0.29, 0.717) is 31.5 Å². The summed E-state index contributed by atoms with van der Waals surface area (Å²) in [5, 5.41) is 17.0. The van der Waals surface area contributed by atoms with Crippen LogP contribution in [0.3, 0.4) is 0 Å². The first-order valence-corrected chi connectivity index (χ1v) is 13.6. The molecule has 3 heterocycles. The van der Waals surface area contributed by atoms with Crippen LogP contribution in [0.5, 0.6) is 5.75 Å². The Kier molecular flexibility index (Phi) is 8.05. The number of hydrogen-bond donors (Lipinski definition) is 2. The molecular formula is C31H27ClN8O2. The van der Waals surface area contributed by atoms with Gasteiger partial charge in [-0.2, -0.15) is 20.1 Å². The Balaban J connectivity index is 1.23. The lowest BCUT2D eigenvalue weighted by Gasteiger charge is -2.08. The summed E-state index contributed by atoms with van der Waals surface area (Å²) in [6.07, 6.45) is 3.73. The van der Waals surface area contributed by atoms with Crippen LogP contribution < -0.4 is 15.4 Å². The van der Waals surface area contributed by atoms with Crippen LogP contribution in [0.4, 0.5) is 23.5 Å². The van der Waals surface area contributed by atoms with E-state index in [1.54, 1.807) is 13.4 Å². The van der Waals surface area contributed by atoms with E-state index in [-0.39, 0.29) is 5.95 Å². The highest BCUT2D eigenvalue weighted by molar-refractivity contribution is 6.30. The number of para-hydroxylation sites is 1. The zero-order chi connectivity index (χ0) is 28.7. The van der Waals surface area contributed by atoms with Crippen molar-refractivity contribution in [1.82, 2.24) is 19.5 Å². The molecule has 0 aliphatic rings. The minimum atomic E-state index is 0.174. The van der Waals surface area contributed by atoms with Crippen molar-refractivity contribution in [3.8, 4) is 5.75 Å². The predicted octanol–water partition coefficient (Wildman–Crippen LogP) is 7.77. The Morgan fingerprint density at radius 2 is 1.71 bits per heavy atom. The molecule has 0 aliphatic carbocycles. The monoisotopic (exact) mass is 578 g/mol. The molecule has 10 nitrogen and oxygen atoms in total. The van der Waals surface area contributed by atoms with E-state index in [0.717, 1.165) is 44.2 Å². The lowest BCUT2D eigenvalue weighted by molar-refractivity contribution is 0.415. The second-order valence-electron chi connectivity index (χ2n) is 9.39. The maximum atomic E-state index is 6.07. The Morgan fingerprint density at radius 3 is 2.50 bits per heavy atom. The lowest BCUT2D eigenvalue weighted by Crippen LogP contribution is -2.06. The van der Waals surface area contributed by atoms with Gasteiger partial charge in [-0.15, -0.1) is 5.11 Å². The summed E-state index contributed by atoms with van der Waals surface area (Å²) < 4.78 is 12.9. The van der Waals surface area contributed by atoms with Gasteiger partial charge in [-0.05, 0) is 60.2 Å². The van der Waals surface area contributed by atoms with Gasteiger partial charge < -0.3 is 24.4 Å². The number of halogens is 1. The third-order valence-electron chi connectivity index (χ3n) is 6.51. The lowest BCUT2D eigenvalue weighted by atomic mass is 10.2. The molecule has 0 spiro atoms. The van der Waals surface area contributed by atoms with Crippen LogP contribution in [0.15, 0.2) is 112 Å². The molecule has 3 aromatic carbocycles. The number of anilines is 3. The fraction of sp³-hybridized carbons (Fsp3) is 0.129. The van der Waals surface area contributed by atoms with Crippen LogP contribution in [0.1, 0.15) is 16.9 Å². The van der Waals surface area contributed by atoms with Gasteiger partial charge in [0.2, 0.25) is 11.9 Å². The van der Waals surface area contributed by atoms with Gasteiger partial charge in [-0.3, -0.25) is 0 Å². The van der Waals surface area contributed by atoms with Gasteiger partial charge in [0.15, 0.2) is 0 Å². The molecule has 0 bridgehead atoms. The van der Waals surface area contributed by atoms with Gasteiger partial charge in [0.1, 0.15) is 11.5 Å². The Hall–Kier alpha value is -5.22. The average molecular weight is 579 g/mol. The molecule has 0 fully saturated rings. The highest BCUT2D eigenvalue weighted by Gasteiger charge is 2.11. The van der Waals surface area contributed by atoms with Gasteiger partial charge in [0.25, 0.3) is 5.95 Å². The number of rotatable bonds is 11. The number of methoxy groups -OCH3 is 1. The summed E-state index contributed by atoms with van der Waals surface area (Å²) >= 11 is 6.07. The van der Waals surface area contributed by atoms with Crippen LogP contribution in [0.25, 0.3) is 10.9 Å². The molecule has 210 valence electrons. The smallest absolute Gasteiger partial charge is 0.275 e. The number of aromatic nitrogens is 4. The second kappa shape index (κ2) is 12.5. The van der Waals surface area contributed by atoms with E-state index in [2.05, 4.69) is 58.7 Å². The number of furan rings is 1. The number of nitrogens with zero attached hydrogens (tertiary/aromatic N) is 6. The highest BCUT2D eigenvalue weighted by Crippen LogP contribution is 2.25. The summed E-state index contributed by atoms with van der Waals surface area (Å²) in [6, 6.07) is 27.3. The number of azo groups is 1. The minimum Gasteiger partial charge on any atom is -0.497 e. The summed E-state index contributed by atoms with van der Waals surface area (Å²) in [6.45, 7) is 1.48. The molecule has 6 aromatic rings. The van der Waals surface area contributed by atoms with Crippen molar-refractivity contribution in [2.24, 2.45) is 10.2 Å². The first-order valence-electron chi connectivity index (χ1n) is 13.2. The fourth-order valence-electron chi connectivity index (χ4n) is 4.47.